The Morgan fingerprint density at radius 2 is 2.21 bits per heavy atom. The fourth-order valence-electron chi connectivity index (χ4n) is 1.06. The number of hydrogen-bond acceptors (Lipinski definition) is 4. The lowest BCUT2D eigenvalue weighted by Gasteiger charge is -1.94. The van der Waals surface area contributed by atoms with Crippen LogP contribution in [0.5, 0.6) is 0 Å². The molecule has 0 radical (unpaired) electrons. The minimum atomic E-state index is -0.225. The van der Waals surface area contributed by atoms with Crippen molar-refractivity contribution < 1.29 is 9.52 Å². The van der Waals surface area contributed by atoms with E-state index in [1.54, 1.807) is 0 Å². The monoisotopic (exact) mass is 302 g/mol. The van der Waals surface area contributed by atoms with Gasteiger partial charge in [-0.25, -0.2) is 0 Å². The van der Waals surface area contributed by atoms with Gasteiger partial charge in [0.1, 0.15) is 6.61 Å². The van der Waals surface area contributed by atoms with Crippen LogP contribution in [0.1, 0.15) is 5.89 Å². The van der Waals surface area contributed by atoms with E-state index in [-0.39, 0.29) is 12.5 Å². The summed E-state index contributed by atoms with van der Waals surface area (Å²) in [4.78, 5) is 0. The maximum absolute atomic E-state index is 8.75. The van der Waals surface area contributed by atoms with Crippen LogP contribution in [-0.4, -0.2) is 15.3 Å². The summed E-state index contributed by atoms with van der Waals surface area (Å²) >= 11 is 2.21. The molecule has 0 bridgehead atoms. The first-order chi connectivity index (χ1) is 6.79. The van der Waals surface area contributed by atoms with E-state index >= 15 is 0 Å². The molecular formula is C9H7IN2O2. The van der Waals surface area contributed by atoms with Gasteiger partial charge in [-0.1, -0.05) is 6.07 Å². The van der Waals surface area contributed by atoms with E-state index in [9.17, 15) is 0 Å². The Balaban J connectivity index is 2.39. The van der Waals surface area contributed by atoms with Gasteiger partial charge in [0.05, 0.1) is 0 Å². The van der Waals surface area contributed by atoms with Gasteiger partial charge in [-0.15, -0.1) is 10.2 Å². The minimum absolute atomic E-state index is 0.225. The fourth-order valence-corrected chi connectivity index (χ4v) is 1.60. The highest BCUT2D eigenvalue weighted by Gasteiger charge is 2.07. The van der Waals surface area contributed by atoms with Gasteiger partial charge in [0, 0.05) is 9.13 Å². The molecule has 0 aliphatic carbocycles. The van der Waals surface area contributed by atoms with Gasteiger partial charge >= 0.3 is 0 Å². The molecular weight excluding hydrogens is 295 g/mol. The van der Waals surface area contributed by atoms with Crippen LogP contribution < -0.4 is 0 Å². The first-order valence-electron chi connectivity index (χ1n) is 3.99. The van der Waals surface area contributed by atoms with E-state index in [2.05, 4.69) is 32.8 Å². The smallest absolute Gasteiger partial charge is 0.247 e. The zero-order valence-corrected chi connectivity index (χ0v) is 9.30. The molecule has 72 valence electrons. The van der Waals surface area contributed by atoms with Crippen LogP contribution in [-0.2, 0) is 6.61 Å². The summed E-state index contributed by atoms with van der Waals surface area (Å²) in [6.45, 7) is -0.225. The topological polar surface area (TPSA) is 59.2 Å². The van der Waals surface area contributed by atoms with Crippen molar-refractivity contribution in [3.8, 4) is 11.5 Å². The molecule has 1 aromatic heterocycles. The average Bonchev–Trinajstić information content (AvgIpc) is 2.66. The second-order valence-electron chi connectivity index (χ2n) is 2.67. The lowest BCUT2D eigenvalue weighted by molar-refractivity contribution is 0.241. The van der Waals surface area contributed by atoms with Crippen LogP contribution in [0.2, 0.25) is 0 Å². The van der Waals surface area contributed by atoms with Gasteiger partial charge in [0.25, 0.3) is 0 Å². The third-order valence-electron chi connectivity index (χ3n) is 1.67. The summed E-state index contributed by atoms with van der Waals surface area (Å²) in [5, 5.41) is 16.2. The zero-order valence-electron chi connectivity index (χ0n) is 7.14. The first kappa shape index (κ1) is 9.60. The van der Waals surface area contributed by atoms with Gasteiger partial charge < -0.3 is 9.52 Å². The lowest BCUT2D eigenvalue weighted by atomic mass is 10.2. The second kappa shape index (κ2) is 4.05. The zero-order chi connectivity index (χ0) is 9.97. The Labute approximate surface area is 94.1 Å². The number of nitrogens with zero attached hydrogens (tertiary/aromatic N) is 2. The van der Waals surface area contributed by atoms with E-state index in [0.29, 0.717) is 5.89 Å². The maximum atomic E-state index is 8.75. The normalized spacial score (nSPS) is 10.4. The molecule has 14 heavy (non-hydrogen) atoms. The van der Waals surface area contributed by atoms with Crippen molar-refractivity contribution in [3.05, 3.63) is 33.7 Å². The van der Waals surface area contributed by atoms with Crippen molar-refractivity contribution in [2.45, 2.75) is 6.61 Å². The highest BCUT2D eigenvalue weighted by atomic mass is 127. The van der Waals surface area contributed by atoms with Crippen molar-refractivity contribution in [2.24, 2.45) is 0 Å². The van der Waals surface area contributed by atoms with Crippen LogP contribution in [0.25, 0.3) is 11.5 Å². The fraction of sp³-hybridized carbons (Fsp3) is 0.111. The molecule has 5 heteroatoms. The van der Waals surface area contributed by atoms with Crippen LogP contribution in [0.4, 0.5) is 0 Å². The summed E-state index contributed by atoms with van der Waals surface area (Å²) in [5.74, 6) is 0.673. The largest absolute Gasteiger partial charge is 0.418 e. The van der Waals surface area contributed by atoms with E-state index in [4.69, 9.17) is 9.52 Å². The van der Waals surface area contributed by atoms with Crippen LogP contribution in [0.15, 0.2) is 28.7 Å². The number of aliphatic hydroxyl groups is 1. The Hall–Kier alpha value is -0.950. The summed E-state index contributed by atoms with van der Waals surface area (Å²) in [6.07, 6.45) is 0. The Morgan fingerprint density at radius 3 is 2.86 bits per heavy atom. The number of halogens is 1. The number of aliphatic hydroxyl groups excluding tert-OH is 1. The Bertz CT molecular complexity index is 442. The van der Waals surface area contributed by atoms with E-state index < -0.39 is 0 Å². The SMILES string of the molecule is OCc1nnc(-c2cccc(I)c2)o1. The molecule has 1 aromatic carbocycles. The molecule has 0 aliphatic heterocycles. The second-order valence-corrected chi connectivity index (χ2v) is 3.92. The molecule has 0 aliphatic rings. The average molecular weight is 302 g/mol. The van der Waals surface area contributed by atoms with Crippen molar-refractivity contribution >= 4 is 22.6 Å². The molecule has 2 rings (SSSR count). The summed E-state index contributed by atoms with van der Waals surface area (Å²) in [5.41, 5.74) is 0.865. The summed E-state index contributed by atoms with van der Waals surface area (Å²) < 4.78 is 6.30. The molecule has 0 atom stereocenters. The number of aromatic nitrogens is 2. The van der Waals surface area contributed by atoms with Gasteiger partial charge in [-0.3, -0.25) is 0 Å². The van der Waals surface area contributed by atoms with Crippen molar-refractivity contribution in [1.82, 2.24) is 10.2 Å². The Morgan fingerprint density at radius 1 is 1.36 bits per heavy atom. The predicted molar refractivity (Wildman–Crippen MR) is 58.4 cm³/mol. The molecule has 0 fully saturated rings. The van der Waals surface area contributed by atoms with Crippen LogP contribution in [0, 0.1) is 3.57 Å². The molecule has 1 heterocycles. The lowest BCUT2D eigenvalue weighted by Crippen LogP contribution is -1.79. The highest BCUT2D eigenvalue weighted by molar-refractivity contribution is 14.1. The molecule has 0 spiro atoms. The van der Waals surface area contributed by atoms with Crippen LogP contribution in [0.3, 0.4) is 0 Å². The third-order valence-corrected chi connectivity index (χ3v) is 2.34. The third kappa shape index (κ3) is 1.93. The van der Waals surface area contributed by atoms with E-state index in [1.807, 2.05) is 24.3 Å². The number of benzene rings is 1. The quantitative estimate of drug-likeness (QED) is 0.860. The molecule has 4 nitrogen and oxygen atoms in total. The van der Waals surface area contributed by atoms with Crippen molar-refractivity contribution in [3.63, 3.8) is 0 Å². The predicted octanol–water partition coefficient (Wildman–Crippen LogP) is 1.83. The molecule has 0 saturated heterocycles. The molecule has 1 N–H and O–H groups in total. The van der Waals surface area contributed by atoms with Gasteiger partial charge in [0.2, 0.25) is 11.8 Å². The van der Waals surface area contributed by atoms with Crippen LogP contribution >= 0.6 is 22.6 Å². The molecule has 0 amide bonds. The van der Waals surface area contributed by atoms with Gasteiger partial charge in [-0.2, -0.15) is 0 Å². The highest BCUT2D eigenvalue weighted by Crippen LogP contribution is 2.19. The van der Waals surface area contributed by atoms with Crippen molar-refractivity contribution in [1.29, 1.82) is 0 Å². The summed E-state index contributed by atoms with van der Waals surface area (Å²) in [6, 6.07) is 7.72. The molecule has 0 saturated carbocycles. The summed E-state index contributed by atoms with van der Waals surface area (Å²) in [7, 11) is 0. The number of rotatable bonds is 2. The molecule has 0 unspecified atom stereocenters. The van der Waals surface area contributed by atoms with Gasteiger partial charge in [-0.05, 0) is 40.8 Å². The minimum Gasteiger partial charge on any atom is -0.418 e. The van der Waals surface area contributed by atoms with Crippen molar-refractivity contribution in [2.75, 3.05) is 0 Å². The Kier molecular flexibility index (Phi) is 2.78. The first-order valence-corrected chi connectivity index (χ1v) is 5.06. The van der Waals surface area contributed by atoms with Gasteiger partial charge in [0.15, 0.2) is 0 Å². The van der Waals surface area contributed by atoms with E-state index in [0.717, 1.165) is 9.13 Å². The standard InChI is InChI=1S/C9H7IN2O2/c10-7-3-1-2-6(4-7)9-12-11-8(5-13)14-9/h1-4,13H,5H2. The maximum Gasteiger partial charge on any atom is 0.247 e. The van der Waals surface area contributed by atoms with E-state index in [1.165, 1.54) is 0 Å². The number of hydrogen-bond donors (Lipinski definition) is 1. The molecule has 2 aromatic rings.